The van der Waals surface area contributed by atoms with Crippen LogP contribution in [0.25, 0.3) is 33.6 Å². The van der Waals surface area contributed by atoms with Crippen LogP contribution in [0.2, 0.25) is 0 Å². The molecule has 2 aromatic heterocycles. The first-order valence-corrected chi connectivity index (χ1v) is 14.8. The number of aryl methyl sites for hydroxylation is 2. The third-order valence-electron chi connectivity index (χ3n) is 9.89. The van der Waals surface area contributed by atoms with Gasteiger partial charge >= 0.3 is 6.18 Å². The number of H-pyrrole nitrogens is 2. The predicted molar refractivity (Wildman–Crippen MR) is 149 cm³/mol. The van der Waals surface area contributed by atoms with Crippen molar-refractivity contribution in [3.63, 3.8) is 0 Å². The molecule has 4 heterocycles. The lowest BCUT2D eigenvalue weighted by Crippen LogP contribution is -2.19. The van der Waals surface area contributed by atoms with Crippen molar-refractivity contribution < 1.29 is 13.2 Å². The van der Waals surface area contributed by atoms with Gasteiger partial charge in [-0.05, 0) is 72.6 Å². The van der Waals surface area contributed by atoms with E-state index in [1.165, 1.54) is 29.7 Å². The number of fused-ring (bicyclic) bond motifs is 5. The van der Waals surface area contributed by atoms with Crippen molar-refractivity contribution in [1.29, 1.82) is 0 Å². The minimum absolute atomic E-state index is 0.000374. The lowest BCUT2D eigenvalue weighted by molar-refractivity contribution is -0.127. The predicted octanol–water partition coefficient (Wildman–Crippen LogP) is 6.18. The highest BCUT2D eigenvalue weighted by molar-refractivity contribution is 5.76. The molecule has 210 valence electrons. The number of piperidine rings is 2. The summed E-state index contributed by atoms with van der Waals surface area (Å²) in [5, 5.41) is 7.19. The summed E-state index contributed by atoms with van der Waals surface area (Å²) in [6, 6.07) is 15.9. The Bertz CT molecular complexity index is 1650. The van der Waals surface area contributed by atoms with Gasteiger partial charge in [0, 0.05) is 23.3 Å². The summed E-state index contributed by atoms with van der Waals surface area (Å²) in [6.45, 7) is 0. The van der Waals surface area contributed by atoms with Gasteiger partial charge in [0.2, 0.25) is 0 Å². The summed E-state index contributed by atoms with van der Waals surface area (Å²) in [5.41, 5.74) is 8.17. The van der Waals surface area contributed by atoms with Crippen LogP contribution in [0.3, 0.4) is 0 Å². The van der Waals surface area contributed by atoms with E-state index in [9.17, 15) is 13.2 Å². The number of nitrogens with one attached hydrogen (secondary N) is 4. The molecular weight excluding hydrogens is 525 g/mol. The van der Waals surface area contributed by atoms with Gasteiger partial charge in [0.05, 0.1) is 35.6 Å². The maximum Gasteiger partial charge on any atom is 0.394 e. The second kappa shape index (κ2) is 8.55. The number of rotatable bonds is 5. The van der Waals surface area contributed by atoms with E-state index in [0.717, 1.165) is 59.8 Å². The molecule has 2 aliphatic heterocycles. The van der Waals surface area contributed by atoms with Crippen molar-refractivity contribution >= 4 is 0 Å². The van der Waals surface area contributed by atoms with Crippen molar-refractivity contribution in [2.75, 3.05) is 0 Å². The summed E-state index contributed by atoms with van der Waals surface area (Å²) in [6.07, 6.45) is 1.10. The fraction of sp³-hybridized carbons (Fsp3) is 0.438. The van der Waals surface area contributed by atoms with E-state index in [1.807, 2.05) is 24.3 Å². The van der Waals surface area contributed by atoms with Gasteiger partial charge in [-0.25, -0.2) is 9.97 Å². The van der Waals surface area contributed by atoms with Crippen LogP contribution >= 0.6 is 0 Å². The molecule has 6 nitrogen and oxygen atoms in total. The molecule has 41 heavy (non-hydrogen) atoms. The second-order valence-electron chi connectivity index (χ2n) is 12.7. The first-order valence-electron chi connectivity index (χ1n) is 14.8. The number of hydrogen-bond donors (Lipinski definition) is 4. The smallest absolute Gasteiger partial charge is 0.344 e. The molecule has 2 saturated heterocycles. The molecule has 4 fully saturated rings. The minimum atomic E-state index is -4.32. The van der Waals surface area contributed by atoms with E-state index in [1.54, 1.807) is 0 Å². The van der Waals surface area contributed by atoms with Crippen LogP contribution in [0.4, 0.5) is 13.2 Å². The number of aromatic nitrogens is 4. The summed E-state index contributed by atoms with van der Waals surface area (Å²) < 4.78 is 40.3. The number of hydrogen-bond acceptors (Lipinski definition) is 4. The normalized spacial score (nSPS) is 29.1. The SMILES string of the molecule is FC(F)(F)Cc1nc([C@@H]2CC3CC3N2)[nH]c1-c1ccc(-c2ccc3c(c2)CCc2[nH]c([C@@H]4C[C@H]5C[C@H]5N4)nc2-3)cc1. The average Bonchev–Trinajstić information content (AvgIpc) is 3.54. The van der Waals surface area contributed by atoms with E-state index in [2.05, 4.69) is 43.8 Å². The van der Waals surface area contributed by atoms with Crippen molar-refractivity contribution in [1.82, 2.24) is 30.6 Å². The van der Waals surface area contributed by atoms with Gasteiger partial charge in [0.15, 0.2) is 0 Å². The number of benzene rings is 2. The topological polar surface area (TPSA) is 81.4 Å². The number of aromatic amines is 2. The maximum atomic E-state index is 13.4. The first-order chi connectivity index (χ1) is 19.8. The number of imidazole rings is 2. The zero-order chi connectivity index (χ0) is 27.5. The van der Waals surface area contributed by atoms with E-state index >= 15 is 0 Å². The van der Waals surface area contributed by atoms with E-state index < -0.39 is 12.6 Å². The van der Waals surface area contributed by atoms with Crippen LogP contribution < -0.4 is 10.6 Å². The molecule has 4 N–H and O–H groups in total. The fourth-order valence-corrected chi connectivity index (χ4v) is 7.51. The highest BCUT2D eigenvalue weighted by atomic mass is 19.4. The molecule has 9 rings (SSSR count). The van der Waals surface area contributed by atoms with Gasteiger partial charge in [-0.2, -0.15) is 13.2 Å². The average molecular weight is 557 g/mol. The van der Waals surface area contributed by atoms with Crippen LogP contribution in [0.1, 0.15) is 66.4 Å². The molecule has 3 aliphatic carbocycles. The molecule has 2 aromatic carbocycles. The number of nitrogens with zero attached hydrogens (tertiary/aromatic N) is 2. The second-order valence-corrected chi connectivity index (χ2v) is 12.7. The fourth-order valence-electron chi connectivity index (χ4n) is 7.51. The van der Waals surface area contributed by atoms with Gasteiger partial charge in [-0.15, -0.1) is 0 Å². The zero-order valence-electron chi connectivity index (χ0n) is 22.5. The van der Waals surface area contributed by atoms with Gasteiger partial charge in [0.1, 0.15) is 11.6 Å². The zero-order valence-corrected chi connectivity index (χ0v) is 22.5. The van der Waals surface area contributed by atoms with E-state index in [4.69, 9.17) is 4.98 Å². The van der Waals surface area contributed by atoms with Crippen molar-refractivity contribution in [3.8, 4) is 33.6 Å². The third-order valence-corrected chi connectivity index (χ3v) is 9.89. The van der Waals surface area contributed by atoms with E-state index in [0.29, 0.717) is 35.6 Å². The standard InChI is InChI=1S/C32H31F3N6/c33-32(34,35)14-27-28(40-31(39-27)26-13-20-11-24(20)37-26)16-3-1-15(2-4-16)17-5-7-21-18(9-17)6-8-22-29(21)41-30(38-22)25-12-19-10-23(19)36-25/h1-5,7,9,19-20,23-26,36-37H,6,8,10-14H2,(H,38,41)(H,39,40)/t19-,20?,23-,24?,25+,26+/m1/s1. The summed E-state index contributed by atoms with van der Waals surface area (Å²) in [7, 11) is 0. The molecule has 9 heteroatoms. The monoisotopic (exact) mass is 556 g/mol. The number of halogens is 3. The molecule has 0 amide bonds. The summed E-state index contributed by atoms with van der Waals surface area (Å²) >= 11 is 0. The van der Waals surface area contributed by atoms with Crippen LogP contribution in [-0.2, 0) is 19.3 Å². The number of alkyl halides is 3. The quantitative estimate of drug-likeness (QED) is 0.237. The highest BCUT2D eigenvalue weighted by Gasteiger charge is 2.48. The molecule has 0 bridgehead atoms. The molecule has 6 atom stereocenters. The molecule has 4 aromatic rings. The Morgan fingerprint density at radius 3 is 2.05 bits per heavy atom. The Kier molecular flexibility index (Phi) is 5.04. The van der Waals surface area contributed by atoms with Crippen LogP contribution in [0.5, 0.6) is 0 Å². The maximum absolute atomic E-state index is 13.4. The lowest BCUT2D eigenvalue weighted by atomic mass is 9.89. The van der Waals surface area contributed by atoms with Crippen LogP contribution in [0, 0.1) is 11.8 Å². The van der Waals surface area contributed by atoms with E-state index in [-0.39, 0.29) is 11.7 Å². The van der Waals surface area contributed by atoms with Gasteiger partial charge < -0.3 is 20.6 Å². The summed E-state index contributed by atoms with van der Waals surface area (Å²) in [4.78, 5) is 16.3. The molecule has 0 spiro atoms. The molecular formula is C32H31F3N6. The van der Waals surface area contributed by atoms with Crippen LogP contribution in [0.15, 0.2) is 42.5 Å². The largest absolute Gasteiger partial charge is 0.394 e. The minimum Gasteiger partial charge on any atom is -0.344 e. The highest BCUT2D eigenvalue weighted by Crippen LogP contribution is 2.47. The Balaban J connectivity index is 0.988. The molecule has 2 saturated carbocycles. The molecule has 0 radical (unpaired) electrons. The third kappa shape index (κ3) is 4.24. The van der Waals surface area contributed by atoms with Crippen molar-refractivity contribution in [2.45, 2.75) is 75.3 Å². The Labute approximate surface area is 235 Å². The van der Waals surface area contributed by atoms with Gasteiger partial charge in [-0.1, -0.05) is 42.5 Å². The van der Waals surface area contributed by atoms with Crippen molar-refractivity contribution in [2.24, 2.45) is 11.8 Å². The Hall–Kier alpha value is -3.43. The summed E-state index contributed by atoms with van der Waals surface area (Å²) in [5.74, 6) is 3.14. The Morgan fingerprint density at radius 1 is 0.732 bits per heavy atom. The first kappa shape index (κ1) is 24.2. The van der Waals surface area contributed by atoms with Gasteiger partial charge in [-0.3, -0.25) is 0 Å². The molecule has 2 unspecified atom stereocenters. The lowest BCUT2D eigenvalue weighted by Gasteiger charge is -2.16. The van der Waals surface area contributed by atoms with Gasteiger partial charge in [0.25, 0.3) is 0 Å². The van der Waals surface area contributed by atoms with Crippen molar-refractivity contribution in [3.05, 3.63) is 71.1 Å². The molecule has 5 aliphatic rings. The van der Waals surface area contributed by atoms with Crippen LogP contribution in [-0.4, -0.2) is 38.2 Å². The Morgan fingerprint density at radius 2 is 1.39 bits per heavy atom.